The minimum absolute atomic E-state index is 0.175. The van der Waals surface area contributed by atoms with E-state index < -0.39 is 28.8 Å². The minimum Gasteiger partial charge on any atom is -0.493 e. The Hall–Kier alpha value is -4.26. The number of rotatable bonds is 7. The second-order valence-corrected chi connectivity index (χ2v) is 6.37. The van der Waals surface area contributed by atoms with Crippen molar-refractivity contribution < 1.29 is 28.0 Å². The van der Waals surface area contributed by atoms with Gasteiger partial charge in [-0.1, -0.05) is 18.2 Å². The molecule has 1 heterocycles. The Morgan fingerprint density at radius 1 is 1.29 bits per heavy atom. The van der Waals surface area contributed by atoms with Crippen LogP contribution in [0.2, 0.25) is 0 Å². The smallest absolute Gasteiger partial charge is 0.387 e. The van der Waals surface area contributed by atoms with Crippen LogP contribution in [-0.4, -0.2) is 29.4 Å². The number of methoxy groups -OCH3 is 1. The first-order valence-electron chi connectivity index (χ1n) is 8.81. The molecule has 31 heavy (non-hydrogen) atoms. The standard InChI is InChI=1S/C21H15F2N3O5/c1-11-19(14-5-3-4-6-15(14)25-11)20(27)13(10-24)7-12-8-17(30-2)18(31-21(22)23)9-16(12)26(28)29/h3-9,21,25H,1-2H3/b13-7+. The third kappa shape index (κ3) is 4.20. The molecule has 8 nitrogen and oxygen atoms in total. The van der Waals surface area contributed by atoms with Crippen LogP contribution in [0, 0.1) is 28.4 Å². The molecule has 1 aromatic heterocycles. The molecule has 0 fully saturated rings. The lowest BCUT2D eigenvalue weighted by atomic mass is 9.98. The topological polar surface area (TPSA) is 118 Å². The van der Waals surface area contributed by atoms with Crippen molar-refractivity contribution in [2.24, 2.45) is 0 Å². The number of hydrogen-bond donors (Lipinski definition) is 1. The van der Waals surface area contributed by atoms with Crippen LogP contribution in [0.1, 0.15) is 21.6 Å². The molecule has 0 radical (unpaired) electrons. The highest BCUT2D eigenvalue weighted by molar-refractivity contribution is 6.20. The zero-order valence-corrected chi connectivity index (χ0v) is 16.3. The van der Waals surface area contributed by atoms with Crippen molar-refractivity contribution in [1.82, 2.24) is 4.98 Å². The summed E-state index contributed by atoms with van der Waals surface area (Å²) >= 11 is 0. The van der Waals surface area contributed by atoms with Crippen molar-refractivity contribution in [3.8, 4) is 17.6 Å². The summed E-state index contributed by atoms with van der Waals surface area (Å²) in [6.07, 6.45) is 1.02. The van der Waals surface area contributed by atoms with E-state index in [0.717, 1.165) is 18.2 Å². The SMILES string of the molecule is COc1cc(/C=C(\C#N)C(=O)c2c(C)[nH]c3ccccc23)c([N+](=O)[O-])cc1OC(F)F. The van der Waals surface area contributed by atoms with Crippen LogP contribution in [0.4, 0.5) is 14.5 Å². The first-order chi connectivity index (χ1) is 14.8. The first kappa shape index (κ1) is 21.4. The van der Waals surface area contributed by atoms with Crippen LogP contribution >= 0.6 is 0 Å². The quantitative estimate of drug-likeness (QED) is 0.190. The average molecular weight is 427 g/mol. The van der Waals surface area contributed by atoms with Gasteiger partial charge in [0.05, 0.1) is 29.2 Å². The third-order valence-electron chi connectivity index (χ3n) is 4.51. The van der Waals surface area contributed by atoms with Gasteiger partial charge in [0.1, 0.15) is 11.6 Å². The van der Waals surface area contributed by atoms with Gasteiger partial charge in [-0.05, 0) is 25.1 Å². The highest BCUT2D eigenvalue weighted by Crippen LogP contribution is 2.37. The molecular weight excluding hydrogens is 412 g/mol. The van der Waals surface area contributed by atoms with E-state index >= 15 is 0 Å². The lowest BCUT2D eigenvalue weighted by Crippen LogP contribution is -2.06. The molecule has 1 N–H and O–H groups in total. The number of ether oxygens (including phenoxy) is 2. The number of Topliss-reactive ketones (excluding diaryl/α,β-unsaturated/α-hetero) is 1. The second-order valence-electron chi connectivity index (χ2n) is 6.37. The van der Waals surface area contributed by atoms with Gasteiger partial charge in [0, 0.05) is 16.6 Å². The lowest BCUT2D eigenvalue weighted by Gasteiger charge is -2.11. The van der Waals surface area contributed by atoms with Gasteiger partial charge in [-0.2, -0.15) is 14.0 Å². The maximum atomic E-state index is 13.1. The van der Waals surface area contributed by atoms with Crippen molar-refractivity contribution >= 4 is 28.4 Å². The Morgan fingerprint density at radius 3 is 2.61 bits per heavy atom. The van der Waals surface area contributed by atoms with Crippen molar-refractivity contribution in [1.29, 1.82) is 5.26 Å². The molecule has 0 saturated heterocycles. The van der Waals surface area contributed by atoms with Crippen LogP contribution in [0.5, 0.6) is 11.5 Å². The van der Waals surface area contributed by atoms with Gasteiger partial charge >= 0.3 is 6.61 Å². The van der Waals surface area contributed by atoms with Crippen LogP contribution in [-0.2, 0) is 0 Å². The first-order valence-corrected chi connectivity index (χ1v) is 8.81. The normalized spacial score (nSPS) is 11.4. The zero-order chi connectivity index (χ0) is 22.7. The Morgan fingerprint density at radius 2 is 2.00 bits per heavy atom. The van der Waals surface area contributed by atoms with Gasteiger partial charge in [-0.15, -0.1) is 0 Å². The predicted molar refractivity (Wildman–Crippen MR) is 107 cm³/mol. The number of nitro benzene ring substituents is 1. The maximum Gasteiger partial charge on any atom is 0.387 e. The molecule has 0 aliphatic carbocycles. The fourth-order valence-corrected chi connectivity index (χ4v) is 3.19. The van der Waals surface area contributed by atoms with Crippen LogP contribution in [0.15, 0.2) is 42.0 Å². The molecule has 3 rings (SSSR count). The highest BCUT2D eigenvalue weighted by atomic mass is 19.3. The molecule has 0 atom stereocenters. The summed E-state index contributed by atoms with van der Waals surface area (Å²) in [5.74, 6) is -1.40. The monoisotopic (exact) mass is 427 g/mol. The fraction of sp³-hybridized carbons (Fsp3) is 0.143. The number of carbonyl (C=O) groups is 1. The second kappa shape index (κ2) is 8.62. The molecule has 0 amide bonds. The lowest BCUT2D eigenvalue weighted by molar-refractivity contribution is -0.385. The summed E-state index contributed by atoms with van der Waals surface area (Å²) < 4.78 is 34.5. The molecule has 0 saturated carbocycles. The third-order valence-corrected chi connectivity index (χ3v) is 4.51. The van der Waals surface area contributed by atoms with E-state index in [9.17, 15) is 29.0 Å². The number of hydrogen-bond acceptors (Lipinski definition) is 6. The number of nitrogens with one attached hydrogen (secondary N) is 1. The molecule has 158 valence electrons. The van der Waals surface area contributed by atoms with E-state index in [2.05, 4.69) is 9.72 Å². The number of fused-ring (bicyclic) bond motifs is 1. The minimum atomic E-state index is -3.23. The maximum absolute atomic E-state index is 13.1. The number of ketones is 1. The summed E-state index contributed by atoms with van der Waals surface area (Å²) in [6.45, 7) is -1.56. The number of aromatic nitrogens is 1. The van der Waals surface area contributed by atoms with E-state index in [1.54, 1.807) is 37.3 Å². The van der Waals surface area contributed by atoms with Crippen molar-refractivity contribution in [2.45, 2.75) is 13.5 Å². The van der Waals surface area contributed by atoms with E-state index in [1.807, 2.05) is 0 Å². The molecule has 0 spiro atoms. The number of aryl methyl sites for hydroxylation is 1. The van der Waals surface area contributed by atoms with E-state index in [4.69, 9.17) is 4.74 Å². The molecule has 2 aromatic carbocycles. The van der Waals surface area contributed by atoms with E-state index in [0.29, 0.717) is 16.6 Å². The molecule has 0 aliphatic rings. The van der Waals surface area contributed by atoms with Crippen molar-refractivity contribution in [2.75, 3.05) is 7.11 Å². The Bertz CT molecular complexity index is 1260. The van der Waals surface area contributed by atoms with Gasteiger partial charge in [0.2, 0.25) is 5.78 Å². The summed E-state index contributed by atoms with van der Waals surface area (Å²) in [4.78, 5) is 26.8. The summed E-state index contributed by atoms with van der Waals surface area (Å²) in [5.41, 5.74) is 0.302. The predicted octanol–water partition coefficient (Wildman–Crippen LogP) is 4.78. The van der Waals surface area contributed by atoms with Gasteiger partial charge in [-0.25, -0.2) is 0 Å². The zero-order valence-electron chi connectivity index (χ0n) is 16.3. The molecule has 10 heteroatoms. The van der Waals surface area contributed by atoms with Gasteiger partial charge in [0.15, 0.2) is 11.5 Å². The molecule has 3 aromatic rings. The van der Waals surface area contributed by atoms with Crippen LogP contribution in [0.3, 0.4) is 0 Å². The Labute approximate surface area is 174 Å². The summed E-state index contributed by atoms with van der Waals surface area (Å²) in [5, 5.41) is 21.6. The van der Waals surface area contributed by atoms with Crippen LogP contribution in [0.25, 0.3) is 17.0 Å². The highest BCUT2D eigenvalue weighted by Gasteiger charge is 2.24. The number of para-hydroxylation sites is 1. The Balaban J connectivity index is 2.15. The van der Waals surface area contributed by atoms with Gasteiger partial charge < -0.3 is 14.5 Å². The average Bonchev–Trinajstić information content (AvgIpc) is 3.06. The number of aromatic amines is 1. The number of benzene rings is 2. The molecule has 0 bridgehead atoms. The van der Waals surface area contributed by atoms with Crippen LogP contribution < -0.4 is 9.47 Å². The van der Waals surface area contributed by atoms with E-state index in [-0.39, 0.29) is 22.4 Å². The van der Waals surface area contributed by atoms with Crippen molar-refractivity contribution in [3.63, 3.8) is 0 Å². The molecule has 0 aliphatic heterocycles. The number of nitro groups is 1. The number of carbonyl (C=O) groups excluding carboxylic acids is 1. The largest absolute Gasteiger partial charge is 0.493 e. The number of allylic oxidation sites excluding steroid dienone is 1. The number of H-pyrrole nitrogens is 1. The number of nitriles is 1. The summed E-state index contributed by atoms with van der Waals surface area (Å²) in [6, 6.07) is 10.6. The number of alkyl halides is 2. The summed E-state index contributed by atoms with van der Waals surface area (Å²) in [7, 11) is 1.17. The molecular formula is C21H15F2N3O5. The molecule has 0 unspecified atom stereocenters. The van der Waals surface area contributed by atoms with Gasteiger partial charge in [-0.3, -0.25) is 14.9 Å². The number of nitrogens with zero attached hydrogens (tertiary/aromatic N) is 2. The number of halogens is 2. The Kier molecular flexibility index (Phi) is 5.97. The van der Waals surface area contributed by atoms with E-state index in [1.165, 1.54) is 7.11 Å². The van der Waals surface area contributed by atoms with Crippen molar-refractivity contribution in [3.05, 3.63) is 68.9 Å². The van der Waals surface area contributed by atoms with Gasteiger partial charge in [0.25, 0.3) is 5.69 Å². The fourth-order valence-electron chi connectivity index (χ4n) is 3.19.